The van der Waals surface area contributed by atoms with Gasteiger partial charge in [0.2, 0.25) is 5.78 Å². The first-order chi connectivity index (χ1) is 17.5. The molecule has 0 saturated carbocycles. The van der Waals surface area contributed by atoms with Gasteiger partial charge in [-0.2, -0.15) is 0 Å². The predicted molar refractivity (Wildman–Crippen MR) is 140 cm³/mol. The number of Topliss-reactive ketones (excluding diaryl/α,β-unsaturated/α-hetero) is 1. The third-order valence-corrected chi connectivity index (χ3v) is 6.94. The van der Waals surface area contributed by atoms with Crippen LogP contribution in [0.3, 0.4) is 0 Å². The first kappa shape index (κ1) is 24.1. The Bertz CT molecular complexity index is 1300. The fourth-order valence-electron chi connectivity index (χ4n) is 4.88. The zero-order valence-corrected chi connectivity index (χ0v) is 21.0. The number of benzene rings is 3. The topological polar surface area (TPSA) is 42.0 Å². The van der Waals surface area contributed by atoms with Gasteiger partial charge in [0.15, 0.2) is 5.76 Å². The van der Waals surface area contributed by atoms with Gasteiger partial charge in [-0.05, 0) is 80.3 Å². The number of ketones is 1. The molecule has 0 aliphatic carbocycles. The van der Waals surface area contributed by atoms with Crippen LogP contribution in [0.1, 0.15) is 46.5 Å². The number of anilines is 1. The minimum absolute atomic E-state index is 0.0958. The van der Waals surface area contributed by atoms with Crippen LogP contribution in [-0.4, -0.2) is 37.0 Å². The minimum Gasteiger partial charge on any atom is -0.478 e. The number of rotatable bonds is 7. The van der Waals surface area contributed by atoms with Crippen LogP contribution in [0.4, 0.5) is 10.1 Å². The molecule has 2 heterocycles. The van der Waals surface area contributed by atoms with E-state index in [2.05, 4.69) is 35.8 Å². The number of ether oxygens (including phenoxy) is 2. The Hall–Kier alpha value is -3.64. The molecule has 0 aromatic heterocycles. The molecule has 0 spiro atoms. The Morgan fingerprint density at radius 1 is 1.06 bits per heavy atom. The van der Waals surface area contributed by atoms with Gasteiger partial charge in [0.05, 0.1) is 11.1 Å². The molecular weight excluding hydrogens is 455 g/mol. The third kappa shape index (κ3) is 4.73. The maximum Gasteiger partial charge on any atom is 0.232 e. The van der Waals surface area contributed by atoms with E-state index in [1.807, 2.05) is 43.3 Å². The molecule has 0 bridgehead atoms. The van der Waals surface area contributed by atoms with Crippen molar-refractivity contribution in [3.63, 3.8) is 0 Å². The van der Waals surface area contributed by atoms with Crippen LogP contribution < -0.4 is 14.4 Å². The summed E-state index contributed by atoms with van der Waals surface area (Å²) in [5.74, 6) is 1.38. The number of halogens is 1. The normalized spacial score (nSPS) is 15.9. The van der Waals surface area contributed by atoms with Crippen molar-refractivity contribution in [2.75, 3.05) is 31.3 Å². The molecule has 0 radical (unpaired) electrons. The van der Waals surface area contributed by atoms with E-state index in [0.29, 0.717) is 30.3 Å². The summed E-state index contributed by atoms with van der Waals surface area (Å²) in [6.07, 6.45) is 2.59. The summed E-state index contributed by atoms with van der Waals surface area (Å²) in [5, 5.41) is 0. The Morgan fingerprint density at radius 2 is 1.78 bits per heavy atom. The smallest absolute Gasteiger partial charge is 0.232 e. The van der Waals surface area contributed by atoms with Crippen LogP contribution >= 0.6 is 0 Å². The second kappa shape index (κ2) is 10.2. The lowest BCUT2D eigenvalue weighted by Gasteiger charge is -2.30. The van der Waals surface area contributed by atoms with Crippen molar-refractivity contribution in [3.8, 4) is 11.5 Å². The van der Waals surface area contributed by atoms with Crippen molar-refractivity contribution in [1.29, 1.82) is 0 Å². The fourth-order valence-corrected chi connectivity index (χ4v) is 4.88. The second-order valence-electron chi connectivity index (χ2n) is 9.28. The molecule has 6 heteroatoms. The number of fused-ring (bicyclic) bond motifs is 3. The highest BCUT2D eigenvalue weighted by Gasteiger charge is 2.35. The van der Waals surface area contributed by atoms with Gasteiger partial charge >= 0.3 is 0 Å². The summed E-state index contributed by atoms with van der Waals surface area (Å²) < 4.78 is 25.5. The van der Waals surface area contributed by atoms with Gasteiger partial charge in [0.1, 0.15) is 24.0 Å². The summed E-state index contributed by atoms with van der Waals surface area (Å²) in [5.41, 5.74) is 5.52. The fraction of sp³-hybridized carbons (Fsp3) is 0.300. The van der Waals surface area contributed by atoms with Crippen LogP contribution in [0, 0.1) is 12.7 Å². The number of nitrogens with zero attached hydrogens (tertiary/aromatic N) is 2. The quantitative estimate of drug-likeness (QED) is 0.384. The van der Waals surface area contributed by atoms with E-state index < -0.39 is 0 Å². The molecule has 5 nitrogen and oxygen atoms in total. The van der Waals surface area contributed by atoms with Gasteiger partial charge < -0.3 is 14.4 Å². The second-order valence-corrected chi connectivity index (χ2v) is 9.28. The molecule has 0 fully saturated rings. The van der Waals surface area contributed by atoms with Gasteiger partial charge in [-0.1, -0.05) is 24.3 Å². The number of carbonyl (C=O) groups is 1. The Morgan fingerprint density at radius 3 is 2.47 bits per heavy atom. The number of carbonyl (C=O) groups excluding carboxylic acids is 1. The summed E-state index contributed by atoms with van der Waals surface area (Å²) in [7, 11) is 0. The van der Waals surface area contributed by atoms with Crippen LogP contribution in [-0.2, 0) is 13.0 Å². The highest BCUT2D eigenvalue weighted by molar-refractivity contribution is 6.15. The van der Waals surface area contributed by atoms with Gasteiger partial charge in [0.25, 0.3) is 0 Å². The van der Waals surface area contributed by atoms with E-state index in [4.69, 9.17) is 9.47 Å². The molecule has 2 aliphatic rings. The van der Waals surface area contributed by atoms with E-state index in [0.717, 1.165) is 59.7 Å². The third-order valence-electron chi connectivity index (χ3n) is 6.94. The van der Waals surface area contributed by atoms with Crippen LogP contribution in [0.2, 0.25) is 0 Å². The van der Waals surface area contributed by atoms with Gasteiger partial charge in [0, 0.05) is 31.9 Å². The standard InChI is InChI=1S/C30H31FN2O3/c1-4-33(5-2)24-12-8-22(9-13-24)17-27-29(34)28-20(3)16-26-25(30(28)36-27)18-32(19-35-26)15-14-21-6-10-23(31)11-7-21/h6-13,16-17H,4-5,14-15,18-19H2,1-3H3/b27-17+. The van der Waals surface area contributed by atoms with Crippen LogP contribution in [0.25, 0.3) is 6.08 Å². The van der Waals surface area contributed by atoms with Gasteiger partial charge in [-0.3, -0.25) is 9.69 Å². The van der Waals surface area contributed by atoms with Crippen LogP contribution in [0.5, 0.6) is 11.5 Å². The SMILES string of the molecule is CCN(CC)c1ccc(/C=C2/Oc3c4c(cc(C)c3C2=O)OCN(CCc2ccc(F)cc2)C4)cc1. The van der Waals surface area contributed by atoms with E-state index in [1.54, 1.807) is 0 Å². The molecule has 5 rings (SSSR count). The average molecular weight is 487 g/mol. The monoisotopic (exact) mass is 486 g/mol. The van der Waals surface area contributed by atoms with E-state index in [-0.39, 0.29) is 11.6 Å². The first-order valence-electron chi connectivity index (χ1n) is 12.5. The number of allylic oxidation sites excluding steroid dienone is 1. The average Bonchev–Trinajstić information content (AvgIpc) is 3.22. The van der Waals surface area contributed by atoms with Gasteiger partial charge in [-0.25, -0.2) is 4.39 Å². The van der Waals surface area contributed by atoms with Crippen molar-refractivity contribution >= 4 is 17.5 Å². The molecular formula is C30H31FN2O3. The zero-order valence-electron chi connectivity index (χ0n) is 21.0. The molecule has 0 unspecified atom stereocenters. The lowest BCUT2D eigenvalue weighted by Crippen LogP contribution is -2.33. The van der Waals surface area contributed by atoms with Crippen molar-refractivity contribution < 1.29 is 18.7 Å². The molecule has 0 atom stereocenters. The van der Waals surface area contributed by atoms with Crippen molar-refractivity contribution in [1.82, 2.24) is 4.90 Å². The molecule has 3 aromatic carbocycles. The lowest BCUT2D eigenvalue weighted by molar-refractivity contribution is 0.0949. The molecule has 2 aliphatic heterocycles. The maximum absolute atomic E-state index is 13.3. The summed E-state index contributed by atoms with van der Waals surface area (Å²) in [4.78, 5) is 17.8. The Balaban J connectivity index is 1.35. The molecule has 0 N–H and O–H groups in total. The summed E-state index contributed by atoms with van der Waals surface area (Å²) in [6.45, 7) is 9.93. The summed E-state index contributed by atoms with van der Waals surface area (Å²) >= 11 is 0. The molecule has 0 saturated heterocycles. The van der Waals surface area contributed by atoms with E-state index >= 15 is 0 Å². The Kier molecular flexibility index (Phi) is 6.79. The number of hydrogen-bond acceptors (Lipinski definition) is 5. The number of hydrogen-bond donors (Lipinski definition) is 0. The van der Waals surface area contributed by atoms with Crippen molar-refractivity contribution in [3.05, 3.63) is 94.0 Å². The van der Waals surface area contributed by atoms with E-state index in [1.165, 1.54) is 12.1 Å². The van der Waals surface area contributed by atoms with Gasteiger partial charge in [-0.15, -0.1) is 0 Å². The predicted octanol–water partition coefficient (Wildman–Crippen LogP) is 5.99. The zero-order chi connectivity index (χ0) is 25.2. The van der Waals surface area contributed by atoms with Crippen molar-refractivity contribution in [2.24, 2.45) is 0 Å². The first-order valence-corrected chi connectivity index (χ1v) is 12.5. The molecule has 0 amide bonds. The van der Waals surface area contributed by atoms with E-state index in [9.17, 15) is 9.18 Å². The molecule has 186 valence electrons. The largest absolute Gasteiger partial charge is 0.478 e. The molecule has 3 aromatic rings. The Labute approximate surface area is 211 Å². The van der Waals surface area contributed by atoms with Crippen LogP contribution in [0.15, 0.2) is 60.4 Å². The lowest BCUT2D eigenvalue weighted by atomic mass is 9.98. The molecule has 36 heavy (non-hydrogen) atoms. The highest BCUT2D eigenvalue weighted by Crippen LogP contribution is 2.44. The minimum atomic E-state index is -0.231. The maximum atomic E-state index is 13.3. The highest BCUT2D eigenvalue weighted by atomic mass is 19.1. The number of aryl methyl sites for hydroxylation is 1. The van der Waals surface area contributed by atoms with Crippen molar-refractivity contribution in [2.45, 2.75) is 33.7 Å². The summed E-state index contributed by atoms with van der Waals surface area (Å²) in [6, 6.07) is 16.7.